The molecule has 0 unspecified atom stereocenters. The smallest absolute Gasteiger partial charge is 0.0443 e. The van der Waals surface area contributed by atoms with Gasteiger partial charge >= 0.3 is 0 Å². The van der Waals surface area contributed by atoms with Gasteiger partial charge in [0.25, 0.3) is 0 Å². The van der Waals surface area contributed by atoms with Crippen LogP contribution in [0.3, 0.4) is 0 Å². The predicted molar refractivity (Wildman–Crippen MR) is 60.1 cm³/mol. The first kappa shape index (κ1) is 15.9. The van der Waals surface area contributed by atoms with Crippen LogP contribution in [-0.2, 0) is 0 Å². The minimum absolute atomic E-state index is 0. The van der Waals surface area contributed by atoms with Gasteiger partial charge in [0.05, 0.1) is 0 Å². The molecule has 0 aromatic rings. The highest BCUT2D eigenvalue weighted by Gasteiger charge is 2.12. The fourth-order valence-corrected chi connectivity index (χ4v) is 1.37. The monoisotopic (exact) mass is 230 g/mol. The normalized spacial score (nSPS) is 18.9. The van der Waals surface area contributed by atoms with E-state index in [0.29, 0.717) is 6.61 Å². The van der Waals surface area contributed by atoms with Crippen molar-refractivity contribution in [2.45, 2.75) is 6.42 Å². The summed E-state index contributed by atoms with van der Waals surface area (Å²) in [5.41, 5.74) is 0. The molecule has 0 atom stereocenters. The maximum absolute atomic E-state index is 8.61. The zero-order chi connectivity index (χ0) is 8.10. The lowest BCUT2D eigenvalue weighted by Crippen LogP contribution is -2.44. The lowest BCUT2D eigenvalue weighted by Gasteiger charge is -2.32. The third-order valence-electron chi connectivity index (χ3n) is 2.23. The first-order valence-electron chi connectivity index (χ1n) is 4.34. The number of hydrogen-bond acceptors (Lipinski definition) is 3. The highest BCUT2D eigenvalue weighted by molar-refractivity contribution is 5.85. The second-order valence-electron chi connectivity index (χ2n) is 3.22. The van der Waals surface area contributed by atoms with Crippen molar-refractivity contribution in [1.82, 2.24) is 9.80 Å². The molecule has 82 valence electrons. The van der Waals surface area contributed by atoms with Crippen LogP contribution >= 0.6 is 24.8 Å². The fraction of sp³-hybridized carbons (Fsp3) is 1.00. The van der Waals surface area contributed by atoms with Crippen molar-refractivity contribution >= 4 is 24.8 Å². The number of hydrogen-bond donors (Lipinski definition) is 1. The molecule has 1 aliphatic heterocycles. The molecule has 1 saturated heterocycles. The summed E-state index contributed by atoms with van der Waals surface area (Å²) in [6.45, 7) is 6.06. The van der Waals surface area contributed by atoms with Gasteiger partial charge in [-0.25, -0.2) is 0 Å². The first-order valence-corrected chi connectivity index (χ1v) is 4.34. The summed E-state index contributed by atoms with van der Waals surface area (Å²) in [5, 5.41) is 8.61. The van der Waals surface area contributed by atoms with Crippen LogP contribution in [0.4, 0.5) is 0 Å². The zero-order valence-corrected chi connectivity index (χ0v) is 9.74. The van der Waals surface area contributed by atoms with E-state index < -0.39 is 0 Å². The molecule has 0 aromatic carbocycles. The van der Waals surface area contributed by atoms with Gasteiger partial charge in [0.1, 0.15) is 0 Å². The number of nitrogens with zero attached hydrogens (tertiary/aromatic N) is 2. The van der Waals surface area contributed by atoms with Gasteiger partial charge in [0, 0.05) is 39.3 Å². The van der Waals surface area contributed by atoms with Crippen molar-refractivity contribution in [2.75, 3.05) is 46.4 Å². The van der Waals surface area contributed by atoms with Gasteiger partial charge in [-0.3, -0.25) is 0 Å². The molecule has 0 aliphatic carbocycles. The number of aliphatic hydroxyl groups excluding tert-OH is 1. The molecule has 3 nitrogen and oxygen atoms in total. The van der Waals surface area contributed by atoms with Gasteiger partial charge in [-0.05, 0) is 13.5 Å². The quantitative estimate of drug-likeness (QED) is 0.764. The molecular weight excluding hydrogens is 211 g/mol. The van der Waals surface area contributed by atoms with Crippen molar-refractivity contribution < 1.29 is 5.11 Å². The van der Waals surface area contributed by atoms with Gasteiger partial charge in [0.2, 0.25) is 0 Å². The van der Waals surface area contributed by atoms with Crippen molar-refractivity contribution in [3.05, 3.63) is 0 Å². The maximum Gasteiger partial charge on any atom is 0.0443 e. The number of likely N-dealkylation sites (N-methyl/N-ethyl adjacent to an activating group) is 1. The molecule has 13 heavy (non-hydrogen) atoms. The van der Waals surface area contributed by atoms with E-state index in [9.17, 15) is 0 Å². The standard InChI is InChI=1S/C8H18N2O.2ClH/c1-9-4-6-10(7-5-9)3-2-8-11;;/h11H,2-8H2,1H3;2*1H. The van der Waals surface area contributed by atoms with Crippen LogP contribution in [0.15, 0.2) is 0 Å². The molecule has 0 radical (unpaired) electrons. The Morgan fingerprint density at radius 3 is 2.08 bits per heavy atom. The first-order chi connectivity index (χ1) is 5.33. The summed E-state index contributed by atoms with van der Waals surface area (Å²) < 4.78 is 0. The highest BCUT2D eigenvalue weighted by Crippen LogP contribution is 1.98. The summed E-state index contributed by atoms with van der Waals surface area (Å²) in [7, 11) is 2.16. The second-order valence-corrected chi connectivity index (χ2v) is 3.22. The van der Waals surface area contributed by atoms with Gasteiger partial charge in [-0.15, -0.1) is 24.8 Å². The molecule has 0 aromatic heterocycles. The Hall–Kier alpha value is 0.460. The van der Waals surface area contributed by atoms with Crippen LogP contribution in [0.25, 0.3) is 0 Å². The minimum atomic E-state index is 0. The Balaban J connectivity index is 0. The Labute approximate surface area is 92.9 Å². The van der Waals surface area contributed by atoms with Gasteiger partial charge in [-0.1, -0.05) is 0 Å². The van der Waals surface area contributed by atoms with Crippen LogP contribution in [0, 0.1) is 0 Å². The van der Waals surface area contributed by atoms with Gasteiger partial charge < -0.3 is 14.9 Å². The predicted octanol–water partition coefficient (Wildman–Crippen LogP) is 0.460. The Morgan fingerprint density at radius 2 is 1.62 bits per heavy atom. The lowest BCUT2D eigenvalue weighted by molar-refractivity contribution is 0.143. The number of halogens is 2. The number of piperazine rings is 1. The van der Waals surface area contributed by atoms with Crippen LogP contribution in [0.5, 0.6) is 0 Å². The SMILES string of the molecule is CN1CCN(CCCO)CC1.Cl.Cl. The Morgan fingerprint density at radius 1 is 1.08 bits per heavy atom. The van der Waals surface area contributed by atoms with Crippen LogP contribution < -0.4 is 0 Å². The van der Waals surface area contributed by atoms with E-state index in [1.165, 1.54) is 13.1 Å². The molecule has 0 bridgehead atoms. The summed E-state index contributed by atoms with van der Waals surface area (Å²) in [4.78, 5) is 4.76. The van der Waals surface area contributed by atoms with Gasteiger partial charge in [0.15, 0.2) is 0 Å². The van der Waals surface area contributed by atoms with E-state index in [0.717, 1.165) is 26.1 Å². The second kappa shape index (κ2) is 9.03. The number of aliphatic hydroxyl groups is 1. The third-order valence-corrected chi connectivity index (χ3v) is 2.23. The molecule has 1 N–H and O–H groups in total. The zero-order valence-electron chi connectivity index (χ0n) is 8.11. The largest absolute Gasteiger partial charge is 0.396 e. The molecule has 1 heterocycles. The molecular formula is C8H20Cl2N2O. The van der Waals surface area contributed by atoms with E-state index in [2.05, 4.69) is 16.8 Å². The molecule has 5 heteroatoms. The molecule has 0 amide bonds. The summed E-state index contributed by atoms with van der Waals surface area (Å²) >= 11 is 0. The van der Waals surface area contributed by atoms with E-state index >= 15 is 0 Å². The Kier molecular flexibility index (Phi) is 11.1. The highest BCUT2D eigenvalue weighted by atomic mass is 35.5. The number of rotatable bonds is 3. The molecule has 0 saturated carbocycles. The summed E-state index contributed by atoms with van der Waals surface area (Å²) in [6, 6.07) is 0. The van der Waals surface area contributed by atoms with Crippen LogP contribution in [0.2, 0.25) is 0 Å². The van der Waals surface area contributed by atoms with Crippen molar-refractivity contribution in [3.8, 4) is 0 Å². The van der Waals surface area contributed by atoms with Crippen molar-refractivity contribution in [3.63, 3.8) is 0 Å². The van der Waals surface area contributed by atoms with Gasteiger partial charge in [-0.2, -0.15) is 0 Å². The molecule has 1 aliphatic rings. The lowest BCUT2D eigenvalue weighted by atomic mass is 10.3. The maximum atomic E-state index is 8.61. The van der Waals surface area contributed by atoms with Crippen molar-refractivity contribution in [1.29, 1.82) is 0 Å². The third kappa shape index (κ3) is 6.52. The van der Waals surface area contributed by atoms with E-state index in [-0.39, 0.29) is 24.8 Å². The molecule has 0 spiro atoms. The fourth-order valence-electron chi connectivity index (χ4n) is 1.37. The van der Waals surface area contributed by atoms with Crippen LogP contribution in [0.1, 0.15) is 6.42 Å². The minimum Gasteiger partial charge on any atom is -0.396 e. The van der Waals surface area contributed by atoms with E-state index in [4.69, 9.17) is 5.11 Å². The average molecular weight is 231 g/mol. The van der Waals surface area contributed by atoms with E-state index in [1.807, 2.05) is 0 Å². The molecule has 1 fully saturated rings. The molecule has 1 rings (SSSR count). The average Bonchev–Trinajstić information content (AvgIpc) is 2.04. The van der Waals surface area contributed by atoms with Crippen molar-refractivity contribution in [2.24, 2.45) is 0 Å². The van der Waals surface area contributed by atoms with Crippen LogP contribution in [-0.4, -0.2) is 61.3 Å². The summed E-state index contributed by atoms with van der Waals surface area (Å²) in [6.07, 6.45) is 0.920. The Bertz CT molecular complexity index is 106. The van der Waals surface area contributed by atoms with E-state index in [1.54, 1.807) is 0 Å². The topological polar surface area (TPSA) is 26.7 Å². The summed E-state index contributed by atoms with van der Waals surface area (Å²) in [5.74, 6) is 0.